The number of likely N-dealkylation sites (N-methyl/N-ethyl adjacent to an activating group) is 1. The number of hydrogen-bond donors (Lipinski definition) is 2. The van der Waals surface area contributed by atoms with Crippen molar-refractivity contribution in [2.24, 2.45) is 0 Å². The predicted octanol–water partition coefficient (Wildman–Crippen LogP) is 1.66. The van der Waals surface area contributed by atoms with Gasteiger partial charge in [0.2, 0.25) is 0 Å². The smallest absolute Gasteiger partial charge is 0.310 e. The van der Waals surface area contributed by atoms with Gasteiger partial charge in [0.25, 0.3) is 5.91 Å². The number of fused-ring (bicyclic) bond motifs is 1. The summed E-state index contributed by atoms with van der Waals surface area (Å²) in [7, 11) is 1.67. The third kappa shape index (κ3) is 3.27. The Hall–Kier alpha value is -2.37. The van der Waals surface area contributed by atoms with E-state index in [2.05, 4.69) is 10.6 Å². The monoisotopic (exact) mass is 329 g/mol. The molecule has 1 aliphatic heterocycles. The Kier molecular flexibility index (Phi) is 4.83. The number of carbonyl (C=O) groups is 3. The van der Waals surface area contributed by atoms with E-state index in [0.29, 0.717) is 0 Å². The number of hydrogen-bond acceptors (Lipinski definition) is 3. The summed E-state index contributed by atoms with van der Waals surface area (Å²) in [5, 5.41) is 5.38. The molecule has 0 spiro atoms. The van der Waals surface area contributed by atoms with Gasteiger partial charge in [-0.3, -0.25) is 14.4 Å². The van der Waals surface area contributed by atoms with Gasteiger partial charge >= 0.3 is 11.8 Å². The average molecular weight is 329 g/mol. The van der Waals surface area contributed by atoms with E-state index in [9.17, 15) is 14.4 Å². The van der Waals surface area contributed by atoms with Crippen molar-refractivity contribution in [1.82, 2.24) is 10.6 Å². The van der Waals surface area contributed by atoms with Crippen LogP contribution in [0, 0.1) is 0 Å². The van der Waals surface area contributed by atoms with Crippen LogP contribution in [-0.2, 0) is 14.4 Å². The number of amides is 3. The molecule has 6 heteroatoms. The van der Waals surface area contributed by atoms with Crippen LogP contribution in [0.3, 0.4) is 0 Å². The van der Waals surface area contributed by atoms with E-state index in [1.807, 2.05) is 18.2 Å². The minimum Gasteiger partial charge on any atom is -0.345 e. The molecule has 128 valence electrons. The molecule has 0 radical (unpaired) electrons. The van der Waals surface area contributed by atoms with Crippen LogP contribution in [0.4, 0.5) is 5.69 Å². The molecule has 2 aliphatic rings. The minimum absolute atomic E-state index is 0.0555. The molecule has 0 bridgehead atoms. The summed E-state index contributed by atoms with van der Waals surface area (Å²) in [4.78, 5) is 38.2. The van der Waals surface area contributed by atoms with Crippen LogP contribution in [0.1, 0.15) is 50.1 Å². The number of anilines is 1. The maximum atomic E-state index is 12.3. The van der Waals surface area contributed by atoms with Crippen LogP contribution in [0.15, 0.2) is 24.3 Å². The van der Waals surface area contributed by atoms with Crippen molar-refractivity contribution in [1.29, 1.82) is 0 Å². The van der Waals surface area contributed by atoms with Crippen LogP contribution in [0.25, 0.3) is 0 Å². The fourth-order valence-electron chi connectivity index (χ4n) is 3.49. The van der Waals surface area contributed by atoms with Gasteiger partial charge in [0.1, 0.15) is 6.04 Å². The molecule has 2 N–H and O–H groups in total. The molecule has 6 nitrogen and oxygen atoms in total. The highest BCUT2D eigenvalue weighted by molar-refractivity contribution is 6.35. The summed E-state index contributed by atoms with van der Waals surface area (Å²) in [5.74, 6) is -1.63. The molecule has 24 heavy (non-hydrogen) atoms. The Morgan fingerprint density at radius 2 is 1.62 bits per heavy atom. The molecule has 1 aromatic rings. The topological polar surface area (TPSA) is 78.5 Å². The van der Waals surface area contributed by atoms with Crippen LogP contribution < -0.4 is 15.5 Å². The molecular formula is C18H23N3O3. The first-order valence-electron chi connectivity index (χ1n) is 8.56. The van der Waals surface area contributed by atoms with Crippen LogP contribution in [0.2, 0.25) is 0 Å². The zero-order valence-electron chi connectivity index (χ0n) is 13.9. The average Bonchev–Trinajstić information content (AvgIpc) is 2.78. The summed E-state index contributed by atoms with van der Waals surface area (Å²) < 4.78 is 0. The largest absolute Gasteiger partial charge is 0.345 e. The van der Waals surface area contributed by atoms with Crippen LogP contribution >= 0.6 is 0 Å². The molecule has 3 amide bonds. The highest BCUT2D eigenvalue weighted by atomic mass is 16.2. The van der Waals surface area contributed by atoms with Gasteiger partial charge in [-0.1, -0.05) is 43.9 Å². The van der Waals surface area contributed by atoms with Crippen molar-refractivity contribution in [3.63, 3.8) is 0 Å². The van der Waals surface area contributed by atoms with E-state index < -0.39 is 17.9 Å². The van der Waals surface area contributed by atoms with Gasteiger partial charge in [0, 0.05) is 24.3 Å². The number of nitrogens with zero attached hydrogens (tertiary/aromatic N) is 1. The summed E-state index contributed by atoms with van der Waals surface area (Å²) in [5.41, 5.74) is 1.48. The van der Waals surface area contributed by atoms with Gasteiger partial charge in [-0.15, -0.1) is 0 Å². The van der Waals surface area contributed by atoms with Gasteiger partial charge in [0.15, 0.2) is 0 Å². The third-order valence-corrected chi connectivity index (χ3v) is 4.86. The molecule has 1 fully saturated rings. The summed E-state index contributed by atoms with van der Waals surface area (Å²) >= 11 is 0. The second kappa shape index (κ2) is 7.03. The molecule has 1 aliphatic carbocycles. The molecular weight excluding hydrogens is 306 g/mol. The first kappa shape index (κ1) is 16.5. The SMILES string of the molecule is CN1C(=O)[C@H](NC(=O)C(=O)NC2CCCCCC2)c2ccccc21. The standard InChI is InChI=1S/C18H23N3O3/c1-21-14-11-7-6-10-13(14)15(18(21)24)20-17(23)16(22)19-12-8-4-2-3-5-9-12/h6-7,10-12,15H,2-5,8-9H2,1H3,(H,19,22)(H,20,23)/t15-/m1/s1. The van der Waals surface area contributed by atoms with E-state index in [1.165, 1.54) is 17.7 Å². The van der Waals surface area contributed by atoms with Gasteiger partial charge in [-0.2, -0.15) is 0 Å². The van der Waals surface area contributed by atoms with Crippen LogP contribution in [-0.4, -0.2) is 30.8 Å². The lowest BCUT2D eigenvalue weighted by Crippen LogP contribution is -2.47. The number of para-hydroxylation sites is 1. The highest BCUT2D eigenvalue weighted by Crippen LogP contribution is 2.34. The van der Waals surface area contributed by atoms with Crippen molar-refractivity contribution < 1.29 is 14.4 Å². The molecule has 1 atom stereocenters. The lowest BCUT2D eigenvalue weighted by molar-refractivity contribution is -0.140. The fourth-order valence-corrected chi connectivity index (χ4v) is 3.49. The normalized spacial score (nSPS) is 21.1. The van der Waals surface area contributed by atoms with Crippen molar-refractivity contribution in [3.05, 3.63) is 29.8 Å². The second-order valence-corrected chi connectivity index (χ2v) is 6.52. The molecule has 0 saturated heterocycles. The van der Waals surface area contributed by atoms with E-state index in [4.69, 9.17) is 0 Å². The summed E-state index contributed by atoms with van der Waals surface area (Å²) in [6.45, 7) is 0. The van der Waals surface area contributed by atoms with Crippen molar-refractivity contribution in [3.8, 4) is 0 Å². The molecule has 0 aromatic heterocycles. The number of rotatable bonds is 2. The van der Waals surface area contributed by atoms with Gasteiger partial charge in [-0.25, -0.2) is 0 Å². The maximum Gasteiger partial charge on any atom is 0.310 e. The van der Waals surface area contributed by atoms with E-state index in [-0.39, 0.29) is 11.9 Å². The molecule has 1 saturated carbocycles. The third-order valence-electron chi connectivity index (χ3n) is 4.86. The Labute approximate surface area is 141 Å². The van der Waals surface area contributed by atoms with Gasteiger partial charge in [-0.05, 0) is 18.9 Å². The maximum absolute atomic E-state index is 12.3. The summed E-state index contributed by atoms with van der Waals surface area (Å²) in [6.07, 6.45) is 6.33. The molecule has 1 aromatic carbocycles. The van der Waals surface area contributed by atoms with Crippen molar-refractivity contribution >= 4 is 23.4 Å². The van der Waals surface area contributed by atoms with Gasteiger partial charge in [0.05, 0.1) is 0 Å². The Bertz CT molecular complexity index is 651. The van der Waals surface area contributed by atoms with Crippen molar-refractivity contribution in [2.75, 3.05) is 11.9 Å². The van der Waals surface area contributed by atoms with E-state index in [1.54, 1.807) is 13.1 Å². The number of nitrogens with one attached hydrogen (secondary N) is 2. The Morgan fingerprint density at radius 3 is 2.33 bits per heavy atom. The first-order valence-corrected chi connectivity index (χ1v) is 8.56. The zero-order valence-corrected chi connectivity index (χ0v) is 13.9. The predicted molar refractivity (Wildman–Crippen MR) is 90.4 cm³/mol. The van der Waals surface area contributed by atoms with Crippen molar-refractivity contribution in [2.45, 2.75) is 50.6 Å². The fraction of sp³-hybridized carbons (Fsp3) is 0.500. The molecule has 1 heterocycles. The molecule has 0 unspecified atom stereocenters. The second-order valence-electron chi connectivity index (χ2n) is 6.52. The summed E-state index contributed by atoms with van der Waals surface area (Å²) in [6, 6.07) is 6.54. The Morgan fingerprint density at radius 1 is 1.00 bits per heavy atom. The zero-order chi connectivity index (χ0) is 17.1. The van der Waals surface area contributed by atoms with E-state index in [0.717, 1.165) is 36.9 Å². The first-order chi connectivity index (χ1) is 11.6. The van der Waals surface area contributed by atoms with Crippen LogP contribution in [0.5, 0.6) is 0 Å². The lowest BCUT2D eigenvalue weighted by atomic mass is 10.1. The minimum atomic E-state index is -0.793. The van der Waals surface area contributed by atoms with Gasteiger partial charge < -0.3 is 15.5 Å². The van der Waals surface area contributed by atoms with E-state index >= 15 is 0 Å². The number of benzene rings is 1. The quantitative estimate of drug-likeness (QED) is 0.640. The Balaban J connectivity index is 1.64. The highest BCUT2D eigenvalue weighted by Gasteiger charge is 2.37. The lowest BCUT2D eigenvalue weighted by Gasteiger charge is -2.17. The molecule has 3 rings (SSSR count). The number of carbonyl (C=O) groups excluding carboxylic acids is 3.